The van der Waals surface area contributed by atoms with Crippen LogP contribution < -0.4 is 0 Å². The van der Waals surface area contributed by atoms with Crippen LogP contribution in [-0.4, -0.2) is 37.2 Å². The van der Waals surface area contributed by atoms with Gasteiger partial charge in [0, 0.05) is 19.3 Å². The van der Waals surface area contributed by atoms with Crippen LogP contribution in [0.4, 0.5) is 0 Å². The van der Waals surface area contributed by atoms with E-state index in [4.69, 9.17) is 14.2 Å². The molecule has 0 aliphatic heterocycles. The maximum Gasteiger partial charge on any atom is 0.306 e. The Morgan fingerprint density at radius 1 is 0.338 bits per heavy atom. The lowest BCUT2D eigenvalue weighted by atomic mass is 10.1. The Morgan fingerprint density at radius 3 is 1.06 bits per heavy atom. The van der Waals surface area contributed by atoms with Gasteiger partial charge in [-0.05, 0) is 103 Å². The molecule has 0 saturated heterocycles. The summed E-state index contributed by atoms with van der Waals surface area (Å²) in [5.41, 5.74) is 0. The molecular formula is C59H102O6. The molecule has 0 aliphatic rings. The average molecular weight is 907 g/mol. The van der Waals surface area contributed by atoms with Crippen molar-refractivity contribution in [1.82, 2.24) is 0 Å². The molecule has 0 rings (SSSR count). The summed E-state index contributed by atoms with van der Waals surface area (Å²) < 4.78 is 16.8. The first-order valence-electron chi connectivity index (χ1n) is 27.5. The molecule has 0 bridgehead atoms. The van der Waals surface area contributed by atoms with Crippen LogP contribution in [0.5, 0.6) is 0 Å². The minimum Gasteiger partial charge on any atom is -0.462 e. The molecule has 0 fully saturated rings. The highest BCUT2D eigenvalue weighted by molar-refractivity contribution is 5.71. The van der Waals surface area contributed by atoms with E-state index in [1.54, 1.807) is 0 Å². The maximum absolute atomic E-state index is 12.8. The van der Waals surface area contributed by atoms with Crippen molar-refractivity contribution in [3.63, 3.8) is 0 Å². The van der Waals surface area contributed by atoms with E-state index in [1.807, 2.05) is 0 Å². The van der Waals surface area contributed by atoms with Crippen molar-refractivity contribution in [2.45, 2.75) is 271 Å². The molecule has 6 heteroatoms. The number of esters is 3. The fourth-order valence-corrected chi connectivity index (χ4v) is 7.56. The van der Waals surface area contributed by atoms with E-state index in [0.29, 0.717) is 19.3 Å². The van der Waals surface area contributed by atoms with Gasteiger partial charge < -0.3 is 14.2 Å². The first-order chi connectivity index (χ1) is 32.0. The molecule has 0 aromatic heterocycles. The maximum atomic E-state index is 12.8. The molecule has 0 spiro atoms. The second kappa shape index (κ2) is 53.5. The highest BCUT2D eigenvalue weighted by atomic mass is 16.6. The summed E-state index contributed by atoms with van der Waals surface area (Å²) in [6.07, 6.45) is 67.4. The van der Waals surface area contributed by atoms with Crippen LogP contribution in [0, 0.1) is 0 Å². The fourth-order valence-electron chi connectivity index (χ4n) is 7.56. The van der Waals surface area contributed by atoms with Crippen LogP contribution in [0.15, 0.2) is 72.9 Å². The van der Waals surface area contributed by atoms with Crippen molar-refractivity contribution in [1.29, 1.82) is 0 Å². The average Bonchev–Trinajstić information content (AvgIpc) is 3.30. The van der Waals surface area contributed by atoms with Crippen molar-refractivity contribution in [2.24, 2.45) is 0 Å². The topological polar surface area (TPSA) is 78.9 Å². The van der Waals surface area contributed by atoms with Gasteiger partial charge in [0.05, 0.1) is 0 Å². The number of unbranched alkanes of at least 4 members (excludes halogenated alkanes) is 27. The van der Waals surface area contributed by atoms with E-state index in [0.717, 1.165) is 103 Å². The SMILES string of the molecule is CC/C=C\C/C=C\CCCCCCCCCC(=O)OCC(COC(=O)CCCCCCCCC/C=C\C/C=C\CCCCC)OC(=O)CCCCC/C=C\C=C/CCCCCCCCC. The van der Waals surface area contributed by atoms with Crippen LogP contribution >= 0.6 is 0 Å². The zero-order valence-corrected chi connectivity index (χ0v) is 42.7. The number of hydrogen-bond acceptors (Lipinski definition) is 6. The number of ether oxygens (including phenoxy) is 3. The Morgan fingerprint density at radius 2 is 0.646 bits per heavy atom. The third kappa shape index (κ3) is 51.7. The molecule has 1 unspecified atom stereocenters. The molecule has 0 radical (unpaired) electrons. The number of hydrogen-bond donors (Lipinski definition) is 0. The number of carbonyl (C=O) groups excluding carboxylic acids is 3. The predicted molar refractivity (Wildman–Crippen MR) is 279 cm³/mol. The van der Waals surface area contributed by atoms with E-state index in [9.17, 15) is 14.4 Å². The molecule has 0 saturated carbocycles. The Balaban J connectivity index is 4.44. The normalized spacial score (nSPS) is 12.6. The molecule has 6 nitrogen and oxygen atoms in total. The lowest BCUT2D eigenvalue weighted by Crippen LogP contribution is -2.30. The summed E-state index contributed by atoms with van der Waals surface area (Å²) in [5.74, 6) is -0.930. The van der Waals surface area contributed by atoms with Crippen LogP contribution in [0.25, 0.3) is 0 Å². The summed E-state index contributed by atoms with van der Waals surface area (Å²) in [6, 6.07) is 0. The quantitative estimate of drug-likeness (QED) is 0.0199. The van der Waals surface area contributed by atoms with Crippen LogP contribution in [0.2, 0.25) is 0 Å². The van der Waals surface area contributed by atoms with Gasteiger partial charge in [0.2, 0.25) is 0 Å². The van der Waals surface area contributed by atoms with Gasteiger partial charge in [-0.2, -0.15) is 0 Å². The molecule has 1 atom stereocenters. The largest absolute Gasteiger partial charge is 0.462 e. The second-order valence-electron chi connectivity index (χ2n) is 18.1. The molecule has 0 aliphatic carbocycles. The van der Waals surface area contributed by atoms with Gasteiger partial charge in [-0.15, -0.1) is 0 Å². The van der Waals surface area contributed by atoms with Crippen molar-refractivity contribution in [3.05, 3.63) is 72.9 Å². The van der Waals surface area contributed by atoms with Gasteiger partial charge in [0.25, 0.3) is 0 Å². The van der Waals surface area contributed by atoms with Gasteiger partial charge in [0.1, 0.15) is 13.2 Å². The monoisotopic (exact) mass is 907 g/mol. The summed E-state index contributed by atoms with van der Waals surface area (Å²) in [4.78, 5) is 38.1. The number of carbonyl (C=O) groups is 3. The summed E-state index contributed by atoms with van der Waals surface area (Å²) in [7, 11) is 0. The lowest BCUT2D eigenvalue weighted by molar-refractivity contribution is -0.167. The molecule has 374 valence electrons. The Labute approximate surface area is 402 Å². The molecule has 0 aromatic carbocycles. The minimum atomic E-state index is -0.796. The van der Waals surface area contributed by atoms with Gasteiger partial charge in [-0.3, -0.25) is 14.4 Å². The first-order valence-corrected chi connectivity index (χ1v) is 27.5. The van der Waals surface area contributed by atoms with E-state index in [1.165, 1.54) is 122 Å². The molecule has 0 heterocycles. The van der Waals surface area contributed by atoms with Gasteiger partial charge >= 0.3 is 17.9 Å². The van der Waals surface area contributed by atoms with E-state index < -0.39 is 6.10 Å². The fraction of sp³-hybridized carbons (Fsp3) is 0.746. The zero-order chi connectivity index (χ0) is 47.2. The van der Waals surface area contributed by atoms with Crippen molar-refractivity contribution >= 4 is 17.9 Å². The van der Waals surface area contributed by atoms with Crippen LogP contribution in [0.3, 0.4) is 0 Å². The summed E-state index contributed by atoms with van der Waals surface area (Å²) in [6.45, 7) is 6.48. The highest BCUT2D eigenvalue weighted by Crippen LogP contribution is 2.14. The van der Waals surface area contributed by atoms with Crippen molar-refractivity contribution in [2.75, 3.05) is 13.2 Å². The third-order valence-corrected chi connectivity index (χ3v) is 11.7. The second-order valence-corrected chi connectivity index (χ2v) is 18.1. The smallest absolute Gasteiger partial charge is 0.306 e. The number of rotatable bonds is 49. The Hall–Kier alpha value is -3.15. The molecule has 0 amide bonds. The Bertz CT molecular complexity index is 1230. The number of allylic oxidation sites excluding steroid dienone is 12. The minimum absolute atomic E-state index is 0.0927. The van der Waals surface area contributed by atoms with E-state index in [2.05, 4.69) is 93.7 Å². The molecule has 65 heavy (non-hydrogen) atoms. The highest BCUT2D eigenvalue weighted by Gasteiger charge is 2.19. The first kappa shape index (κ1) is 61.9. The van der Waals surface area contributed by atoms with E-state index in [-0.39, 0.29) is 31.1 Å². The summed E-state index contributed by atoms with van der Waals surface area (Å²) in [5, 5.41) is 0. The molecule has 0 aromatic rings. The zero-order valence-electron chi connectivity index (χ0n) is 42.7. The van der Waals surface area contributed by atoms with E-state index >= 15 is 0 Å². The Kier molecular flexibility index (Phi) is 50.9. The summed E-state index contributed by atoms with van der Waals surface area (Å²) >= 11 is 0. The van der Waals surface area contributed by atoms with Gasteiger partial charge in [0.15, 0.2) is 6.10 Å². The van der Waals surface area contributed by atoms with Gasteiger partial charge in [-0.25, -0.2) is 0 Å². The third-order valence-electron chi connectivity index (χ3n) is 11.7. The van der Waals surface area contributed by atoms with Crippen LogP contribution in [-0.2, 0) is 28.6 Å². The lowest BCUT2D eigenvalue weighted by Gasteiger charge is -2.18. The van der Waals surface area contributed by atoms with Crippen molar-refractivity contribution < 1.29 is 28.6 Å². The molecular weight excluding hydrogens is 805 g/mol. The van der Waals surface area contributed by atoms with Crippen LogP contribution in [0.1, 0.15) is 265 Å². The standard InChI is InChI=1S/C59H102O6/c1-4-7-10-13-16-19-22-25-28-30-32-34-37-40-43-46-49-52-58(61)64-55-56(54-63-57(60)51-48-45-42-39-36-33-27-24-21-18-15-12-9-6-3)65-59(62)53-50-47-44-41-38-35-31-29-26-23-20-17-14-11-8-5-2/h9,12,16,18-19,21,25,28-29,31,35,38,56H,4-8,10-11,13-15,17,20,22-24,26-27,30,32-34,36-37,39-55H2,1-3H3/b12-9-,19-16-,21-18-,28-25-,31-29-,38-35-. The predicted octanol–water partition coefficient (Wildman–Crippen LogP) is 18.2. The van der Waals surface area contributed by atoms with Gasteiger partial charge in [-0.1, -0.05) is 216 Å². The van der Waals surface area contributed by atoms with Crippen molar-refractivity contribution in [3.8, 4) is 0 Å². The molecule has 0 N–H and O–H groups in total.